The Morgan fingerprint density at radius 1 is 1.26 bits per heavy atom. The number of thiocarbonyl (C=S) groups is 1. The average Bonchev–Trinajstić information content (AvgIpc) is 2.37. The molecule has 2 rings (SSSR count). The summed E-state index contributed by atoms with van der Waals surface area (Å²) in [6.07, 6.45) is 0. The molecule has 0 aliphatic heterocycles. The van der Waals surface area contributed by atoms with Gasteiger partial charge in [0.25, 0.3) is 0 Å². The lowest BCUT2D eigenvalue weighted by atomic mass is 10.1. The van der Waals surface area contributed by atoms with Crippen LogP contribution in [0, 0.1) is 6.92 Å². The highest BCUT2D eigenvalue weighted by Crippen LogP contribution is 2.24. The second kappa shape index (κ2) is 6.04. The van der Waals surface area contributed by atoms with Crippen molar-refractivity contribution in [1.29, 1.82) is 0 Å². The van der Waals surface area contributed by atoms with Crippen molar-refractivity contribution < 1.29 is 4.74 Å². The number of halogens is 1. The first-order chi connectivity index (χ1) is 9.08. The van der Waals surface area contributed by atoms with Gasteiger partial charge in [0.15, 0.2) is 0 Å². The van der Waals surface area contributed by atoms with Crippen molar-refractivity contribution in [3.8, 4) is 5.75 Å². The molecule has 0 amide bonds. The Kier molecular flexibility index (Phi) is 4.40. The van der Waals surface area contributed by atoms with Gasteiger partial charge < -0.3 is 10.5 Å². The molecule has 19 heavy (non-hydrogen) atoms. The largest absolute Gasteiger partial charge is 0.488 e. The van der Waals surface area contributed by atoms with E-state index < -0.39 is 0 Å². The number of hydrogen-bond donors (Lipinski definition) is 1. The van der Waals surface area contributed by atoms with Crippen LogP contribution in [-0.2, 0) is 6.61 Å². The number of ether oxygens (including phenoxy) is 1. The van der Waals surface area contributed by atoms with Gasteiger partial charge in [-0.1, -0.05) is 48.1 Å². The fourth-order valence-corrected chi connectivity index (χ4v) is 2.08. The molecule has 2 nitrogen and oxygen atoms in total. The Labute approximate surface area is 123 Å². The Balaban J connectivity index is 2.22. The monoisotopic (exact) mass is 291 g/mol. The van der Waals surface area contributed by atoms with Crippen LogP contribution in [0.2, 0.25) is 5.02 Å². The van der Waals surface area contributed by atoms with Crippen LogP contribution in [0.15, 0.2) is 42.5 Å². The van der Waals surface area contributed by atoms with E-state index in [1.54, 1.807) is 18.2 Å². The van der Waals surface area contributed by atoms with E-state index in [0.717, 1.165) is 5.56 Å². The van der Waals surface area contributed by atoms with E-state index in [9.17, 15) is 0 Å². The Morgan fingerprint density at radius 2 is 2.00 bits per heavy atom. The molecular formula is C15H14ClNOS. The summed E-state index contributed by atoms with van der Waals surface area (Å²) in [5, 5.41) is 0.597. The van der Waals surface area contributed by atoms with Gasteiger partial charge in [-0.25, -0.2) is 0 Å². The average molecular weight is 292 g/mol. The molecule has 2 aromatic rings. The number of nitrogens with two attached hydrogens (primary N) is 1. The number of aryl methyl sites for hydroxylation is 1. The van der Waals surface area contributed by atoms with Crippen molar-refractivity contribution in [1.82, 2.24) is 0 Å². The second-order valence-electron chi connectivity index (χ2n) is 4.22. The van der Waals surface area contributed by atoms with Crippen LogP contribution in [0.5, 0.6) is 5.75 Å². The highest BCUT2D eigenvalue weighted by atomic mass is 35.5. The molecule has 98 valence electrons. The van der Waals surface area contributed by atoms with Crippen LogP contribution in [0.3, 0.4) is 0 Å². The van der Waals surface area contributed by atoms with Gasteiger partial charge >= 0.3 is 0 Å². The van der Waals surface area contributed by atoms with Gasteiger partial charge in [0.1, 0.15) is 17.3 Å². The van der Waals surface area contributed by atoms with Crippen molar-refractivity contribution in [2.24, 2.45) is 5.73 Å². The number of rotatable bonds is 4. The van der Waals surface area contributed by atoms with Gasteiger partial charge in [-0.2, -0.15) is 0 Å². The van der Waals surface area contributed by atoms with Crippen LogP contribution in [-0.4, -0.2) is 4.99 Å². The Bertz CT molecular complexity index is 613. The number of hydrogen-bond acceptors (Lipinski definition) is 2. The van der Waals surface area contributed by atoms with Crippen LogP contribution < -0.4 is 10.5 Å². The minimum Gasteiger partial charge on any atom is -0.488 e. The third-order valence-electron chi connectivity index (χ3n) is 2.85. The standard InChI is InChI=1S/C15H14ClNOS/c1-10-4-2-3-5-11(10)9-18-14-8-12(16)6-7-13(14)15(17)19/h2-8H,9H2,1H3,(H2,17,19). The van der Waals surface area contributed by atoms with Gasteiger partial charge in [0, 0.05) is 5.02 Å². The summed E-state index contributed by atoms with van der Waals surface area (Å²) >= 11 is 11.0. The van der Waals surface area contributed by atoms with E-state index in [4.69, 9.17) is 34.3 Å². The zero-order valence-electron chi connectivity index (χ0n) is 10.5. The van der Waals surface area contributed by atoms with E-state index in [1.807, 2.05) is 31.2 Å². The molecule has 2 N–H and O–H groups in total. The quantitative estimate of drug-likeness (QED) is 0.869. The lowest BCUT2D eigenvalue weighted by molar-refractivity contribution is 0.305. The molecular weight excluding hydrogens is 278 g/mol. The van der Waals surface area contributed by atoms with Gasteiger partial charge in [0.2, 0.25) is 0 Å². The highest BCUT2D eigenvalue weighted by molar-refractivity contribution is 7.80. The molecule has 0 aliphatic carbocycles. The topological polar surface area (TPSA) is 35.2 Å². The van der Waals surface area contributed by atoms with E-state index in [1.165, 1.54) is 5.56 Å². The van der Waals surface area contributed by atoms with Gasteiger partial charge in [-0.3, -0.25) is 0 Å². The van der Waals surface area contributed by atoms with Crippen molar-refractivity contribution in [2.45, 2.75) is 13.5 Å². The molecule has 0 fully saturated rings. The van der Waals surface area contributed by atoms with E-state index in [0.29, 0.717) is 27.9 Å². The summed E-state index contributed by atoms with van der Waals surface area (Å²) in [6.45, 7) is 2.51. The minimum absolute atomic E-state index is 0.302. The normalized spacial score (nSPS) is 10.2. The van der Waals surface area contributed by atoms with Crippen LogP contribution in [0.25, 0.3) is 0 Å². The maximum absolute atomic E-state index is 5.97. The maximum atomic E-state index is 5.97. The first-order valence-corrected chi connectivity index (χ1v) is 6.63. The fraction of sp³-hybridized carbons (Fsp3) is 0.133. The first kappa shape index (κ1) is 13.8. The maximum Gasteiger partial charge on any atom is 0.131 e. The summed E-state index contributed by atoms with van der Waals surface area (Å²) in [7, 11) is 0. The lowest BCUT2D eigenvalue weighted by Gasteiger charge is -2.12. The third kappa shape index (κ3) is 3.46. The van der Waals surface area contributed by atoms with Gasteiger partial charge in [-0.05, 0) is 36.2 Å². The molecule has 0 spiro atoms. The van der Waals surface area contributed by atoms with Crippen LogP contribution >= 0.6 is 23.8 Å². The predicted octanol–water partition coefficient (Wildman–Crippen LogP) is 3.86. The third-order valence-corrected chi connectivity index (χ3v) is 3.31. The molecule has 4 heteroatoms. The Hall–Kier alpha value is -1.58. The summed E-state index contributed by atoms with van der Waals surface area (Å²) in [5.41, 5.74) is 8.68. The number of benzene rings is 2. The smallest absolute Gasteiger partial charge is 0.131 e. The molecule has 0 aliphatic rings. The fourth-order valence-electron chi connectivity index (χ4n) is 1.75. The molecule has 0 saturated heterocycles. The zero-order chi connectivity index (χ0) is 13.8. The molecule has 0 aromatic heterocycles. The van der Waals surface area contributed by atoms with Crippen molar-refractivity contribution in [2.75, 3.05) is 0 Å². The second-order valence-corrected chi connectivity index (χ2v) is 5.10. The summed E-state index contributed by atoms with van der Waals surface area (Å²) < 4.78 is 5.79. The lowest BCUT2D eigenvalue weighted by Crippen LogP contribution is -2.11. The Morgan fingerprint density at radius 3 is 2.68 bits per heavy atom. The minimum atomic E-state index is 0.302. The molecule has 0 heterocycles. The van der Waals surface area contributed by atoms with Gasteiger partial charge in [0.05, 0.1) is 5.56 Å². The molecule has 0 unspecified atom stereocenters. The molecule has 0 atom stereocenters. The summed E-state index contributed by atoms with van der Waals surface area (Å²) in [5.74, 6) is 0.614. The predicted molar refractivity (Wildman–Crippen MR) is 82.9 cm³/mol. The molecule has 0 bridgehead atoms. The van der Waals surface area contributed by atoms with E-state index in [2.05, 4.69) is 0 Å². The van der Waals surface area contributed by atoms with Gasteiger partial charge in [-0.15, -0.1) is 0 Å². The highest BCUT2D eigenvalue weighted by Gasteiger charge is 2.08. The van der Waals surface area contributed by atoms with E-state index in [-0.39, 0.29) is 0 Å². The van der Waals surface area contributed by atoms with E-state index >= 15 is 0 Å². The summed E-state index contributed by atoms with van der Waals surface area (Å²) in [4.78, 5) is 0.302. The summed E-state index contributed by atoms with van der Waals surface area (Å²) in [6, 6.07) is 13.3. The first-order valence-electron chi connectivity index (χ1n) is 5.84. The van der Waals surface area contributed by atoms with Crippen LogP contribution in [0.1, 0.15) is 16.7 Å². The van der Waals surface area contributed by atoms with Crippen molar-refractivity contribution >= 4 is 28.8 Å². The van der Waals surface area contributed by atoms with Crippen molar-refractivity contribution in [3.05, 3.63) is 64.2 Å². The zero-order valence-corrected chi connectivity index (χ0v) is 12.1. The molecule has 0 saturated carbocycles. The molecule has 2 aromatic carbocycles. The van der Waals surface area contributed by atoms with Crippen molar-refractivity contribution in [3.63, 3.8) is 0 Å². The molecule has 0 radical (unpaired) electrons. The van der Waals surface area contributed by atoms with Crippen LogP contribution in [0.4, 0.5) is 0 Å². The SMILES string of the molecule is Cc1ccccc1COc1cc(Cl)ccc1C(N)=S.